The van der Waals surface area contributed by atoms with E-state index in [1.54, 1.807) is 24.4 Å². The summed E-state index contributed by atoms with van der Waals surface area (Å²) in [7, 11) is 0. The molecule has 0 radical (unpaired) electrons. The topological polar surface area (TPSA) is 79.0 Å². The van der Waals surface area contributed by atoms with Crippen LogP contribution in [0.25, 0.3) is 22.4 Å². The Morgan fingerprint density at radius 1 is 1.03 bits per heavy atom. The maximum absolute atomic E-state index is 14.4. The van der Waals surface area contributed by atoms with Crippen LogP contribution in [0.2, 0.25) is 10.0 Å². The number of rotatable bonds is 4. The van der Waals surface area contributed by atoms with E-state index in [4.69, 9.17) is 27.9 Å². The second-order valence-corrected chi connectivity index (χ2v) is 7.80. The number of fused-ring (bicyclic) bond motifs is 1. The van der Waals surface area contributed by atoms with Crippen molar-refractivity contribution < 1.29 is 9.13 Å². The molecule has 4 heterocycles. The van der Waals surface area contributed by atoms with Crippen LogP contribution < -0.4 is 10.2 Å². The molecule has 0 atom stereocenters. The summed E-state index contributed by atoms with van der Waals surface area (Å²) in [4.78, 5) is 18.3. The van der Waals surface area contributed by atoms with Crippen molar-refractivity contribution in [2.24, 2.45) is 0 Å². The van der Waals surface area contributed by atoms with Crippen LogP contribution >= 0.6 is 23.2 Å². The number of H-pyrrole nitrogens is 1. The van der Waals surface area contributed by atoms with Gasteiger partial charge in [-0.15, -0.1) is 0 Å². The van der Waals surface area contributed by atoms with Gasteiger partial charge in [-0.2, -0.15) is 0 Å². The average Bonchev–Trinajstić information content (AvgIpc) is 3.23. The van der Waals surface area contributed by atoms with E-state index >= 15 is 0 Å². The third-order valence-electron chi connectivity index (χ3n) is 5.04. The molecule has 0 spiro atoms. The van der Waals surface area contributed by atoms with E-state index in [9.17, 15) is 4.39 Å². The quantitative estimate of drug-likeness (QED) is 0.445. The number of aromatic amines is 1. The van der Waals surface area contributed by atoms with E-state index in [1.807, 2.05) is 12.1 Å². The van der Waals surface area contributed by atoms with E-state index in [1.165, 1.54) is 0 Å². The molecule has 10 heteroatoms. The highest BCUT2D eigenvalue weighted by molar-refractivity contribution is 6.39. The molecule has 0 amide bonds. The Morgan fingerprint density at radius 3 is 2.52 bits per heavy atom. The van der Waals surface area contributed by atoms with Gasteiger partial charge in [0, 0.05) is 13.1 Å². The Hall–Kier alpha value is -2.94. The average molecular weight is 459 g/mol. The number of hydrogen-bond acceptors (Lipinski definition) is 6. The lowest BCUT2D eigenvalue weighted by atomic mass is 10.2. The first kappa shape index (κ1) is 20.0. The number of halogens is 3. The van der Waals surface area contributed by atoms with Gasteiger partial charge in [0.1, 0.15) is 22.7 Å². The second kappa shape index (κ2) is 8.30. The summed E-state index contributed by atoms with van der Waals surface area (Å²) >= 11 is 12.6. The number of ether oxygens (including phenoxy) is 1. The number of pyridine rings is 2. The van der Waals surface area contributed by atoms with Crippen molar-refractivity contribution in [2.45, 2.75) is 0 Å². The van der Waals surface area contributed by atoms with E-state index in [2.05, 4.69) is 30.2 Å². The minimum absolute atomic E-state index is 0.202. The van der Waals surface area contributed by atoms with Crippen molar-refractivity contribution in [1.29, 1.82) is 0 Å². The van der Waals surface area contributed by atoms with Crippen LogP contribution in [0.15, 0.2) is 42.7 Å². The first-order valence-corrected chi connectivity index (χ1v) is 10.4. The molecule has 1 saturated heterocycles. The van der Waals surface area contributed by atoms with Gasteiger partial charge in [-0.25, -0.2) is 19.3 Å². The Kier molecular flexibility index (Phi) is 5.35. The van der Waals surface area contributed by atoms with Crippen molar-refractivity contribution in [3.05, 3.63) is 58.6 Å². The zero-order valence-electron chi connectivity index (χ0n) is 16.2. The van der Waals surface area contributed by atoms with Gasteiger partial charge in [0.2, 0.25) is 0 Å². The largest absolute Gasteiger partial charge is 0.378 e. The second-order valence-electron chi connectivity index (χ2n) is 6.99. The number of nitrogens with zero attached hydrogens (tertiary/aromatic N) is 4. The van der Waals surface area contributed by atoms with Crippen LogP contribution in [-0.2, 0) is 4.74 Å². The van der Waals surface area contributed by atoms with Crippen molar-refractivity contribution in [3.8, 4) is 11.4 Å². The molecule has 5 rings (SSSR count). The third-order valence-corrected chi connectivity index (χ3v) is 5.67. The first-order valence-electron chi connectivity index (χ1n) is 9.64. The smallest absolute Gasteiger partial charge is 0.167 e. The molecule has 3 aromatic heterocycles. The van der Waals surface area contributed by atoms with Crippen LogP contribution in [0.3, 0.4) is 0 Å². The van der Waals surface area contributed by atoms with Crippen LogP contribution in [0.1, 0.15) is 0 Å². The standard InChI is InChI=1S/C21H17Cl2FN6O/c22-13-2-1-3-14(23)17(13)20-28-18-15(24)11-26-21(19(18)29-20)27-16-5-4-12(10-25-16)30-6-8-31-9-7-30/h1-5,10-11H,6-9H2,(H,28,29)(H,25,26,27). The minimum atomic E-state index is -0.530. The van der Waals surface area contributed by atoms with Gasteiger partial charge in [-0.1, -0.05) is 29.3 Å². The fourth-order valence-electron chi connectivity index (χ4n) is 3.49. The molecule has 1 aliphatic rings. The molecule has 0 unspecified atom stereocenters. The third kappa shape index (κ3) is 3.89. The Bertz CT molecular complexity index is 1220. The highest BCUT2D eigenvalue weighted by Crippen LogP contribution is 2.35. The van der Waals surface area contributed by atoms with Crippen LogP contribution in [0.4, 0.5) is 21.7 Å². The van der Waals surface area contributed by atoms with Gasteiger partial charge in [0.25, 0.3) is 0 Å². The summed E-state index contributed by atoms with van der Waals surface area (Å²) < 4.78 is 19.8. The summed E-state index contributed by atoms with van der Waals surface area (Å²) in [6.45, 7) is 3.06. The van der Waals surface area contributed by atoms with Gasteiger partial charge in [0.15, 0.2) is 11.6 Å². The number of anilines is 3. The maximum atomic E-state index is 14.4. The van der Waals surface area contributed by atoms with Crippen molar-refractivity contribution in [1.82, 2.24) is 19.9 Å². The lowest BCUT2D eigenvalue weighted by Gasteiger charge is -2.28. The molecule has 158 valence electrons. The highest BCUT2D eigenvalue weighted by Gasteiger charge is 2.18. The molecule has 0 saturated carbocycles. The summed E-state index contributed by atoms with van der Waals surface area (Å²) in [5.41, 5.74) is 2.04. The summed E-state index contributed by atoms with van der Waals surface area (Å²) in [5, 5.41) is 3.94. The molecule has 1 aromatic carbocycles. The number of morpholine rings is 1. The fourth-order valence-corrected chi connectivity index (χ4v) is 4.06. The zero-order chi connectivity index (χ0) is 21.4. The lowest BCUT2D eigenvalue weighted by Crippen LogP contribution is -2.36. The first-order chi connectivity index (χ1) is 15.1. The SMILES string of the molecule is Fc1cnc(Nc2ccc(N3CCOCC3)cn2)c2nc(-c3c(Cl)cccc3Cl)[nH]c12. The summed E-state index contributed by atoms with van der Waals surface area (Å²) in [6.07, 6.45) is 2.91. The highest BCUT2D eigenvalue weighted by atomic mass is 35.5. The Morgan fingerprint density at radius 2 is 1.81 bits per heavy atom. The van der Waals surface area contributed by atoms with Gasteiger partial charge in [-0.05, 0) is 24.3 Å². The van der Waals surface area contributed by atoms with Crippen molar-refractivity contribution in [3.63, 3.8) is 0 Å². The van der Waals surface area contributed by atoms with E-state index < -0.39 is 5.82 Å². The number of nitrogens with one attached hydrogen (secondary N) is 2. The van der Waals surface area contributed by atoms with Gasteiger partial charge < -0.3 is 19.9 Å². The van der Waals surface area contributed by atoms with Crippen LogP contribution in [0, 0.1) is 5.82 Å². The maximum Gasteiger partial charge on any atom is 0.167 e. The minimum Gasteiger partial charge on any atom is -0.378 e. The summed E-state index contributed by atoms with van der Waals surface area (Å²) in [5.74, 6) is 0.765. The van der Waals surface area contributed by atoms with Crippen molar-refractivity contribution in [2.75, 3.05) is 36.5 Å². The summed E-state index contributed by atoms with van der Waals surface area (Å²) in [6, 6.07) is 8.95. The molecule has 2 N–H and O–H groups in total. The Balaban J connectivity index is 1.48. The molecule has 1 aliphatic heterocycles. The molecule has 31 heavy (non-hydrogen) atoms. The number of aromatic nitrogens is 4. The van der Waals surface area contributed by atoms with E-state index in [0.29, 0.717) is 51.8 Å². The predicted octanol–water partition coefficient (Wildman–Crippen LogP) is 5.05. The number of imidazole rings is 1. The van der Waals surface area contributed by atoms with E-state index in [-0.39, 0.29) is 5.52 Å². The molecule has 0 bridgehead atoms. The molecular formula is C21H17Cl2FN6O. The molecular weight excluding hydrogens is 442 g/mol. The number of hydrogen-bond donors (Lipinski definition) is 2. The van der Waals surface area contributed by atoms with Gasteiger partial charge in [-0.3, -0.25) is 0 Å². The predicted molar refractivity (Wildman–Crippen MR) is 120 cm³/mol. The zero-order valence-corrected chi connectivity index (χ0v) is 17.7. The molecule has 0 aliphatic carbocycles. The molecule has 4 aromatic rings. The Labute approximate surface area is 187 Å². The van der Waals surface area contributed by atoms with Crippen LogP contribution in [-0.4, -0.2) is 46.2 Å². The monoisotopic (exact) mass is 458 g/mol. The van der Waals surface area contributed by atoms with Gasteiger partial charge >= 0.3 is 0 Å². The number of benzene rings is 1. The normalized spacial score (nSPS) is 14.2. The molecule has 7 nitrogen and oxygen atoms in total. The van der Waals surface area contributed by atoms with Crippen molar-refractivity contribution >= 4 is 51.6 Å². The van der Waals surface area contributed by atoms with Gasteiger partial charge in [0.05, 0.1) is 46.9 Å². The molecule has 1 fully saturated rings. The van der Waals surface area contributed by atoms with E-state index in [0.717, 1.165) is 25.0 Å². The van der Waals surface area contributed by atoms with Crippen LogP contribution in [0.5, 0.6) is 0 Å². The lowest BCUT2D eigenvalue weighted by molar-refractivity contribution is 0.122. The fraction of sp³-hybridized carbons (Fsp3) is 0.190.